The molecule has 0 spiro atoms. The number of ether oxygens (including phenoxy) is 1. The second kappa shape index (κ2) is 13.1. The SMILES string of the molecule is C[C@H]1CN([C@@H](C)CO)C(=O)c2cccc(NC(=O)c3nc4ccccc4s3)c2O[C@H]1CN(C)C(=O)NC1CCCCC1. The quantitative estimate of drug-likeness (QED) is 0.364. The van der Waals surface area contributed by atoms with Crippen LogP contribution in [0.4, 0.5) is 10.5 Å². The van der Waals surface area contributed by atoms with Crippen LogP contribution in [-0.4, -0.2) is 82.7 Å². The van der Waals surface area contributed by atoms with Gasteiger partial charge in [-0.2, -0.15) is 0 Å². The Balaban J connectivity index is 1.43. The summed E-state index contributed by atoms with van der Waals surface area (Å²) >= 11 is 1.29. The molecule has 1 saturated carbocycles. The largest absolute Gasteiger partial charge is 0.485 e. The van der Waals surface area contributed by atoms with Crippen molar-refractivity contribution in [3.8, 4) is 5.75 Å². The zero-order chi connectivity index (χ0) is 29.8. The molecule has 42 heavy (non-hydrogen) atoms. The highest BCUT2D eigenvalue weighted by Gasteiger charge is 2.35. The molecule has 2 aromatic carbocycles. The lowest BCUT2D eigenvalue weighted by Gasteiger charge is -2.38. The number of aliphatic hydroxyl groups excluding tert-OH is 1. The third-order valence-electron chi connectivity index (χ3n) is 8.16. The number of benzene rings is 2. The van der Waals surface area contributed by atoms with Gasteiger partial charge in [0.05, 0.1) is 40.7 Å². The monoisotopic (exact) mass is 593 g/mol. The number of rotatable bonds is 7. The normalized spacial score (nSPS) is 20.2. The number of urea groups is 1. The minimum Gasteiger partial charge on any atom is -0.485 e. The summed E-state index contributed by atoms with van der Waals surface area (Å²) in [6.07, 6.45) is 4.91. The summed E-state index contributed by atoms with van der Waals surface area (Å²) in [5.74, 6) is -0.646. The minimum absolute atomic E-state index is 0.158. The maximum Gasteiger partial charge on any atom is 0.317 e. The molecule has 2 aliphatic rings. The Morgan fingerprint density at radius 2 is 1.93 bits per heavy atom. The zero-order valence-corrected chi connectivity index (χ0v) is 25.2. The van der Waals surface area contributed by atoms with Crippen LogP contribution in [0.25, 0.3) is 10.2 Å². The Bertz CT molecular complexity index is 1410. The van der Waals surface area contributed by atoms with Crippen LogP contribution in [0.3, 0.4) is 0 Å². The molecule has 1 aromatic heterocycles. The van der Waals surface area contributed by atoms with E-state index < -0.39 is 18.1 Å². The number of para-hydroxylation sites is 2. The molecular weight excluding hydrogens is 554 g/mol. The highest BCUT2D eigenvalue weighted by atomic mass is 32.1. The molecule has 3 aromatic rings. The molecule has 3 atom stereocenters. The zero-order valence-electron chi connectivity index (χ0n) is 24.3. The fourth-order valence-electron chi connectivity index (χ4n) is 5.59. The van der Waals surface area contributed by atoms with Gasteiger partial charge in [-0.15, -0.1) is 11.3 Å². The van der Waals surface area contributed by atoms with Gasteiger partial charge in [0, 0.05) is 25.6 Å². The van der Waals surface area contributed by atoms with Crippen molar-refractivity contribution >= 4 is 45.1 Å². The van der Waals surface area contributed by atoms with E-state index in [2.05, 4.69) is 15.6 Å². The topological polar surface area (TPSA) is 124 Å². The number of nitrogens with one attached hydrogen (secondary N) is 2. The van der Waals surface area contributed by atoms with Crippen molar-refractivity contribution in [2.75, 3.05) is 32.1 Å². The fraction of sp³-hybridized carbons (Fsp3) is 0.484. The summed E-state index contributed by atoms with van der Waals surface area (Å²) in [4.78, 5) is 47.9. The lowest BCUT2D eigenvalue weighted by Crippen LogP contribution is -2.52. The molecule has 4 amide bonds. The van der Waals surface area contributed by atoms with Crippen molar-refractivity contribution in [2.45, 2.75) is 64.1 Å². The van der Waals surface area contributed by atoms with Crippen LogP contribution in [0.15, 0.2) is 42.5 Å². The van der Waals surface area contributed by atoms with Gasteiger partial charge in [0.25, 0.3) is 11.8 Å². The van der Waals surface area contributed by atoms with Crippen LogP contribution in [-0.2, 0) is 0 Å². The highest BCUT2D eigenvalue weighted by Crippen LogP contribution is 2.35. The van der Waals surface area contributed by atoms with E-state index in [4.69, 9.17) is 4.74 Å². The first-order chi connectivity index (χ1) is 20.2. The Labute approximate surface area is 250 Å². The van der Waals surface area contributed by atoms with Gasteiger partial charge in [0.15, 0.2) is 10.8 Å². The number of nitrogens with zero attached hydrogens (tertiary/aromatic N) is 3. The smallest absolute Gasteiger partial charge is 0.317 e. The molecule has 1 fully saturated rings. The molecule has 1 aliphatic heterocycles. The molecule has 224 valence electrons. The van der Waals surface area contributed by atoms with Gasteiger partial charge in [0.1, 0.15) is 6.10 Å². The van der Waals surface area contributed by atoms with E-state index in [-0.39, 0.29) is 48.4 Å². The Morgan fingerprint density at radius 3 is 2.67 bits per heavy atom. The van der Waals surface area contributed by atoms with E-state index in [9.17, 15) is 19.5 Å². The summed E-state index contributed by atoms with van der Waals surface area (Å²) in [5.41, 5.74) is 1.36. The molecule has 0 bridgehead atoms. The predicted octanol–water partition coefficient (Wildman–Crippen LogP) is 4.74. The number of amides is 4. The van der Waals surface area contributed by atoms with Gasteiger partial charge < -0.3 is 30.3 Å². The molecule has 0 radical (unpaired) electrons. The summed E-state index contributed by atoms with van der Waals surface area (Å²) in [6, 6.07) is 12.2. The van der Waals surface area contributed by atoms with E-state index in [0.29, 0.717) is 17.2 Å². The first-order valence-electron chi connectivity index (χ1n) is 14.6. The summed E-state index contributed by atoms with van der Waals surface area (Å²) in [6.45, 7) is 4.18. The summed E-state index contributed by atoms with van der Waals surface area (Å²) in [7, 11) is 1.74. The fourth-order valence-corrected chi connectivity index (χ4v) is 6.45. The van der Waals surface area contributed by atoms with Crippen LogP contribution in [0.2, 0.25) is 0 Å². The average molecular weight is 594 g/mol. The van der Waals surface area contributed by atoms with Gasteiger partial charge in [-0.3, -0.25) is 9.59 Å². The Morgan fingerprint density at radius 1 is 1.17 bits per heavy atom. The van der Waals surface area contributed by atoms with Crippen LogP contribution < -0.4 is 15.4 Å². The number of likely N-dealkylation sites (N-methyl/N-ethyl adjacent to an activating group) is 1. The third-order valence-corrected chi connectivity index (χ3v) is 9.20. The summed E-state index contributed by atoms with van der Waals surface area (Å²) in [5, 5.41) is 16.3. The van der Waals surface area contributed by atoms with E-state index in [0.717, 1.165) is 35.9 Å². The molecular formula is C31H39N5O5S. The minimum atomic E-state index is -0.493. The maximum atomic E-state index is 13.8. The number of aliphatic hydroxyl groups is 1. The number of carbonyl (C=O) groups excluding carboxylic acids is 3. The Hall–Kier alpha value is -3.70. The summed E-state index contributed by atoms with van der Waals surface area (Å²) < 4.78 is 7.45. The van der Waals surface area contributed by atoms with Crippen molar-refractivity contribution in [2.24, 2.45) is 5.92 Å². The molecule has 0 unspecified atom stereocenters. The number of fused-ring (bicyclic) bond motifs is 2. The number of aromatic nitrogens is 1. The van der Waals surface area contributed by atoms with Crippen LogP contribution in [0.5, 0.6) is 5.75 Å². The number of hydrogen-bond acceptors (Lipinski definition) is 7. The number of anilines is 1. The lowest BCUT2D eigenvalue weighted by molar-refractivity contribution is 0.0367. The molecule has 11 heteroatoms. The molecule has 2 heterocycles. The van der Waals surface area contributed by atoms with Crippen molar-refractivity contribution in [3.63, 3.8) is 0 Å². The second-order valence-electron chi connectivity index (χ2n) is 11.4. The van der Waals surface area contributed by atoms with Gasteiger partial charge >= 0.3 is 6.03 Å². The van der Waals surface area contributed by atoms with Crippen LogP contribution >= 0.6 is 11.3 Å². The van der Waals surface area contributed by atoms with Crippen molar-refractivity contribution in [3.05, 3.63) is 53.0 Å². The van der Waals surface area contributed by atoms with E-state index in [1.807, 2.05) is 31.2 Å². The van der Waals surface area contributed by atoms with Gasteiger partial charge in [-0.1, -0.05) is 44.4 Å². The standard InChI is InChI=1S/C31H39N5O5S/c1-19-16-36(20(2)18-37)30(39)22-12-9-14-24(33-28(38)29-34-23-13-7-8-15-26(23)42-29)27(22)41-25(19)17-35(3)31(40)32-21-10-5-4-6-11-21/h7-9,12-15,19-21,25,37H,4-6,10-11,16-18H2,1-3H3,(H,32,40)(H,33,38)/t19-,20-,25-/m0/s1. The molecule has 5 rings (SSSR count). The maximum absolute atomic E-state index is 13.8. The molecule has 10 nitrogen and oxygen atoms in total. The van der Waals surface area contributed by atoms with Crippen molar-refractivity contribution in [1.82, 2.24) is 20.1 Å². The van der Waals surface area contributed by atoms with E-state index in [1.165, 1.54) is 17.8 Å². The van der Waals surface area contributed by atoms with Crippen LogP contribution in [0, 0.1) is 5.92 Å². The van der Waals surface area contributed by atoms with Crippen molar-refractivity contribution in [1.29, 1.82) is 0 Å². The first kappa shape index (κ1) is 29.8. The average Bonchev–Trinajstić information content (AvgIpc) is 3.44. The van der Waals surface area contributed by atoms with E-state index >= 15 is 0 Å². The Kier molecular flexibility index (Phi) is 9.27. The predicted molar refractivity (Wildman–Crippen MR) is 163 cm³/mol. The third kappa shape index (κ3) is 6.52. The van der Waals surface area contributed by atoms with Gasteiger partial charge in [0.2, 0.25) is 0 Å². The number of thiazole rings is 1. The van der Waals surface area contributed by atoms with Gasteiger partial charge in [-0.05, 0) is 44.0 Å². The van der Waals surface area contributed by atoms with Crippen LogP contribution in [0.1, 0.15) is 66.1 Å². The first-order valence-corrected chi connectivity index (χ1v) is 15.5. The van der Waals surface area contributed by atoms with E-state index in [1.54, 1.807) is 42.0 Å². The van der Waals surface area contributed by atoms with Gasteiger partial charge in [-0.25, -0.2) is 9.78 Å². The lowest BCUT2D eigenvalue weighted by atomic mass is 9.96. The number of hydrogen-bond donors (Lipinski definition) is 3. The van der Waals surface area contributed by atoms with Crippen molar-refractivity contribution < 1.29 is 24.2 Å². The molecule has 3 N–H and O–H groups in total. The second-order valence-corrected chi connectivity index (χ2v) is 12.4. The molecule has 1 aliphatic carbocycles. The number of carbonyl (C=O) groups is 3. The molecule has 0 saturated heterocycles. The highest BCUT2D eigenvalue weighted by molar-refractivity contribution is 7.20.